The van der Waals surface area contributed by atoms with Crippen molar-refractivity contribution in [2.24, 2.45) is 45.3 Å². The molecule has 0 radical (unpaired) electrons. The van der Waals surface area contributed by atoms with Crippen molar-refractivity contribution in [1.82, 2.24) is 0 Å². The molecule has 1 N–H and O–H groups in total. The maximum absolute atomic E-state index is 10.8. The molecule has 3 fully saturated rings. The summed E-state index contributed by atoms with van der Waals surface area (Å²) in [6.07, 6.45) is 16.5. The fourth-order valence-electron chi connectivity index (χ4n) is 9.47. The second-order valence-corrected chi connectivity index (χ2v) is 13.6. The summed E-state index contributed by atoms with van der Waals surface area (Å²) < 4.78 is 0. The van der Waals surface area contributed by atoms with Crippen molar-refractivity contribution in [1.29, 1.82) is 0 Å². The number of hydrogen-bond donors (Lipinski definition) is 1. The summed E-state index contributed by atoms with van der Waals surface area (Å²) in [6.45, 7) is 19.7. The van der Waals surface area contributed by atoms with Crippen molar-refractivity contribution < 1.29 is 5.11 Å². The van der Waals surface area contributed by atoms with Crippen LogP contribution in [0.5, 0.6) is 0 Å². The van der Waals surface area contributed by atoms with Crippen molar-refractivity contribution >= 4 is 0 Å². The summed E-state index contributed by atoms with van der Waals surface area (Å²) in [5.41, 5.74) is 4.37. The largest absolute Gasteiger partial charge is 0.392 e. The third-order valence-electron chi connectivity index (χ3n) is 11.8. The van der Waals surface area contributed by atoms with Crippen LogP contribution in [-0.2, 0) is 0 Å². The molecule has 0 aromatic heterocycles. The smallest absolute Gasteiger partial charge is 0.0628 e. The first kappa shape index (κ1) is 23.6. The Balaban J connectivity index is 1.62. The van der Waals surface area contributed by atoms with Crippen molar-refractivity contribution in [2.75, 3.05) is 0 Å². The predicted octanol–water partition coefficient (Wildman–Crippen LogP) is 8.34. The molecule has 0 unspecified atom stereocenters. The van der Waals surface area contributed by atoms with Crippen molar-refractivity contribution in [3.8, 4) is 0 Å². The Morgan fingerprint density at radius 2 is 1.74 bits per heavy atom. The van der Waals surface area contributed by atoms with Crippen LogP contribution < -0.4 is 0 Å². The van der Waals surface area contributed by atoms with Gasteiger partial charge in [-0.15, -0.1) is 0 Å². The van der Waals surface area contributed by atoms with Gasteiger partial charge in [-0.2, -0.15) is 0 Å². The molecule has 0 amide bonds. The fraction of sp³-hybridized carbons (Fsp3) is 0.867. The van der Waals surface area contributed by atoms with Crippen LogP contribution >= 0.6 is 0 Å². The lowest BCUT2D eigenvalue weighted by atomic mass is 9.39. The first-order chi connectivity index (χ1) is 14.4. The van der Waals surface area contributed by atoms with Gasteiger partial charge in [-0.1, -0.05) is 64.8 Å². The molecule has 176 valence electrons. The summed E-state index contributed by atoms with van der Waals surface area (Å²) in [7, 11) is 0. The van der Waals surface area contributed by atoms with Crippen molar-refractivity contribution in [2.45, 2.75) is 119 Å². The van der Waals surface area contributed by atoms with Crippen LogP contribution in [-0.4, -0.2) is 11.2 Å². The molecule has 0 heterocycles. The van der Waals surface area contributed by atoms with Gasteiger partial charge in [-0.05, 0) is 112 Å². The Kier molecular flexibility index (Phi) is 5.90. The lowest BCUT2D eigenvalue weighted by molar-refractivity contribution is -0.145. The van der Waals surface area contributed by atoms with E-state index < -0.39 is 0 Å². The quantitative estimate of drug-likeness (QED) is 0.448. The van der Waals surface area contributed by atoms with Crippen LogP contribution in [0.15, 0.2) is 23.3 Å². The van der Waals surface area contributed by atoms with Gasteiger partial charge < -0.3 is 5.11 Å². The van der Waals surface area contributed by atoms with Crippen LogP contribution in [0.25, 0.3) is 0 Å². The van der Waals surface area contributed by atoms with E-state index in [-0.39, 0.29) is 11.5 Å². The molecule has 1 nitrogen and oxygen atoms in total. The number of hydrogen-bond acceptors (Lipinski definition) is 1. The lowest BCUT2D eigenvalue weighted by Crippen LogP contribution is -2.59. The second kappa shape index (κ2) is 7.75. The van der Waals surface area contributed by atoms with Gasteiger partial charge in [0.1, 0.15) is 0 Å². The number of allylic oxidation sites excluding steroid dienone is 3. The minimum absolute atomic E-state index is 0.0454. The van der Waals surface area contributed by atoms with Gasteiger partial charge in [0, 0.05) is 5.41 Å². The lowest BCUT2D eigenvalue weighted by Gasteiger charge is -2.66. The normalized spacial score (nSPS) is 46.9. The molecule has 0 saturated heterocycles. The zero-order valence-corrected chi connectivity index (χ0v) is 21.9. The summed E-state index contributed by atoms with van der Waals surface area (Å²) >= 11 is 0. The molecule has 8 atom stereocenters. The van der Waals surface area contributed by atoms with Crippen LogP contribution in [0, 0.1) is 45.3 Å². The number of aliphatic hydroxyl groups is 1. The second-order valence-electron chi connectivity index (χ2n) is 13.6. The van der Waals surface area contributed by atoms with E-state index in [0.29, 0.717) is 22.2 Å². The molecule has 3 saturated carbocycles. The number of aliphatic hydroxyl groups excluding tert-OH is 1. The summed E-state index contributed by atoms with van der Waals surface area (Å²) in [6, 6.07) is 0. The SMILES string of the molecule is CC(C)=CCC[C@@H](C)[C@H]1CC[C@@]2(C)[C@@H]3CC=C4[C@@H](CC[C@@H](O)C4(C)C)[C@]3(C)CC[C@]12C. The highest BCUT2D eigenvalue weighted by Crippen LogP contribution is 2.74. The summed E-state index contributed by atoms with van der Waals surface area (Å²) in [5, 5.41) is 10.8. The molecule has 0 bridgehead atoms. The van der Waals surface area contributed by atoms with Gasteiger partial charge >= 0.3 is 0 Å². The van der Waals surface area contributed by atoms with Crippen LogP contribution in [0.3, 0.4) is 0 Å². The van der Waals surface area contributed by atoms with Gasteiger partial charge in [-0.3, -0.25) is 0 Å². The molecule has 4 aliphatic rings. The number of fused-ring (bicyclic) bond motifs is 5. The number of rotatable bonds is 4. The maximum Gasteiger partial charge on any atom is 0.0628 e. The molecule has 31 heavy (non-hydrogen) atoms. The molecule has 0 aliphatic heterocycles. The Hall–Kier alpha value is -0.560. The average molecular weight is 427 g/mol. The topological polar surface area (TPSA) is 20.2 Å². The summed E-state index contributed by atoms with van der Waals surface area (Å²) in [4.78, 5) is 0. The van der Waals surface area contributed by atoms with Gasteiger partial charge in [0.2, 0.25) is 0 Å². The third kappa shape index (κ3) is 3.34. The van der Waals surface area contributed by atoms with Gasteiger partial charge in [0.05, 0.1) is 6.10 Å². The Labute approximate surface area is 193 Å². The van der Waals surface area contributed by atoms with Crippen molar-refractivity contribution in [3.05, 3.63) is 23.3 Å². The monoisotopic (exact) mass is 426 g/mol. The van der Waals surface area contributed by atoms with E-state index in [2.05, 4.69) is 67.5 Å². The van der Waals surface area contributed by atoms with E-state index in [1.54, 1.807) is 5.57 Å². The molecule has 4 rings (SSSR count). The molecule has 0 aromatic carbocycles. The third-order valence-corrected chi connectivity index (χ3v) is 11.8. The average Bonchev–Trinajstić information content (AvgIpc) is 2.96. The Morgan fingerprint density at radius 1 is 1.03 bits per heavy atom. The maximum atomic E-state index is 10.8. The standard InChI is InChI=1S/C30H50O/c1-20(2)10-9-11-21(3)22-16-17-30(8)25-14-12-23-24(13-15-26(31)27(23,4)5)28(25,6)18-19-29(22,30)7/h10,12,21-22,24-26,31H,9,11,13-19H2,1-8H3/t21-,22-,24-,25-,26-,28+,29-,30+/m1/s1. The first-order valence-electron chi connectivity index (χ1n) is 13.4. The predicted molar refractivity (Wildman–Crippen MR) is 133 cm³/mol. The van der Waals surface area contributed by atoms with E-state index in [1.807, 2.05) is 0 Å². The van der Waals surface area contributed by atoms with Crippen LogP contribution in [0.1, 0.15) is 113 Å². The van der Waals surface area contributed by atoms with Gasteiger partial charge in [-0.25, -0.2) is 0 Å². The molecule has 1 heteroatoms. The molecule has 0 aromatic rings. The minimum Gasteiger partial charge on any atom is -0.392 e. The highest BCUT2D eigenvalue weighted by atomic mass is 16.3. The highest BCUT2D eigenvalue weighted by Gasteiger charge is 2.67. The zero-order chi connectivity index (χ0) is 22.8. The van der Waals surface area contributed by atoms with E-state index in [9.17, 15) is 5.11 Å². The van der Waals surface area contributed by atoms with E-state index in [1.165, 1.54) is 56.9 Å². The zero-order valence-electron chi connectivity index (χ0n) is 21.9. The van der Waals surface area contributed by atoms with Crippen LogP contribution in [0.2, 0.25) is 0 Å². The molecule has 0 spiro atoms. The molecular weight excluding hydrogens is 376 g/mol. The van der Waals surface area contributed by atoms with E-state index in [0.717, 1.165) is 24.2 Å². The van der Waals surface area contributed by atoms with E-state index in [4.69, 9.17) is 0 Å². The fourth-order valence-corrected chi connectivity index (χ4v) is 9.47. The van der Waals surface area contributed by atoms with Gasteiger partial charge in [0.15, 0.2) is 0 Å². The summed E-state index contributed by atoms with van der Waals surface area (Å²) in [5.74, 6) is 3.18. The molecule has 4 aliphatic carbocycles. The highest BCUT2D eigenvalue weighted by molar-refractivity contribution is 5.30. The van der Waals surface area contributed by atoms with E-state index >= 15 is 0 Å². The van der Waals surface area contributed by atoms with Crippen molar-refractivity contribution in [3.63, 3.8) is 0 Å². The first-order valence-corrected chi connectivity index (χ1v) is 13.4. The minimum atomic E-state index is -0.169. The Morgan fingerprint density at radius 3 is 2.42 bits per heavy atom. The van der Waals surface area contributed by atoms with Crippen LogP contribution in [0.4, 0.5) is 0 Å². The molecular formula is C30H50O. The van der Waals surface area contributed by atoms with Gasteiger partial charge in [0.25, 0.3) is 0 Å². The Bertz CT molecular complexity index is 754.